The molecule has 1 aliphatic heterocycles. The lowest BCUT2D eigenvalue weighted by Gasteiger charge is -2.31. The predicted molar refractivity (Wildman–Crippen MR) is 130 cm³/mol. The van der Waals surface area contributed by atoms with Crippen LogP contribution in [0.1, 0.15) is 48.2 Å². The molecule has 3 rings (SSSR count). The van der Waals surface area contributed by atoms with E-state index in [2.05, 4.69) is 27.8 Å². The highest BCUT2D eigenvalue weighted by atomic mass is 79.9. The Morgan fingerprint density at radius 1 is 1.13 bits per heavy atom. The monoisotopic (exact) mass is 524 g/mol. The van der Waals surface area contributed by atoms with E-state index in [0.717, 1.165) is 28.4 Å². The topological polar surface area (TPSA) is 32.8 Å². The Labute approximate surface area is 202 Å². The van der Waals surface area contributed by atoms with Gasteiger partial charge in [-0.25, -0.2) is 0 Å². The van der Waals surface area contributed by atoms with Crippen molar-refractivity contribution in [3.8, 4) is 0 Å². The fourth-order valence-corrected chi connectivity index (χ4v) is 4.07. The molecule has 7 heteroatoms. The number of nitrogens with zero attached hydrogens (tertiary/aromatic N) is 2. The van der Waals surface area contributed by atoms with Crippen LogP contribution in [0.5, 0.6) is 0 Å². The standard InChI is InChI=1S/C24H27BrCl2N2O2/c1-2-3-16-31-23(19-6-10-21(26)11-7-19)24(27)29-15-14-28(17-29)13-12-22(30)18-4-8-20(25)9-5-18/h4-11,14-15,23-24H,2-3,12-13,16-17H2,1H3. The molecule has 0 bridgehead atoms. The van der Waals surface area contributed by atoms with Gasteiger partial charge in [0.1, 0.15) is 11.6 Å². The van der Waals surface area contributed by atoms with Crippen molar-refractivity contribution in [2.75, 3.05) is 19.8 Å². The van der Waals surface area contributed by atoms with E-state index < -0.39 is 0 Å². The molecule has 0 aromatic heterocycles. The Bertz CT molecular complexity index is 874. The molecule has 0 saturated heterocycles. The van der Waals surface area contributed by atoms with E-state index in [1.807, 2.05) is 65.8 Å². The van der Waals surface area contributed by atoms with Gasteiger partial charge in [0.15, 0.2) is 5.78 Å². The zero-order valence-electron chi connectivity index (χ0n) is 17.5. The minimum Gasteiger partial charge on any atom is -0.370 e. The number of benzene rings is 2. The molecule has 2 aromatic carbocycles. The number of carbonyl (C=O) groups excluding carboxylic acids is 1. The molecule has 4 nitrogen and oxygen atoms in total. The minimum atomic E-state index is -0.374. The highest BCUT2D eigenvalue weighted by Crippen LogP contribution is 2.31. The molecule has 166 valence electrons. The van der Waals surface area contributed by atoms with Crippen molar-refractivity contribution < 1.29 is 9.53 Å². The molecule has 0 spiro atoms. The zero-order valence-corrected chi connectivity index (χ0v) is 20.6. The van der Waals surface area contributed by atoms with Gasteiger partial charge in [0.05, 0.1) is 6.67 Å². The van der Waals surface area contributed by atoms with Crippen molar-refractivity contribution in [1.29, 1.82) is 0 Å². The molecule has 31 heavy (non-hydrogen) atoms. The smallest absolute Gasteiger partial charge is 0.164 e. The van der Waals surface area contributed by atoms with Gasteiger partial charge in [0.2, 0.25) is 0 Å². The molecule has 0 fully saturated rings. The van der Waals surface area contributed by atoms with E-state index in [4.69, 9.17) is 27.9 Å². The van der Waals surface area contributed by atoms with Crippen LogP contribution in [0, 0.1) is 0 Å². The average Bonchev–Trinajstić information content (AvgIpc) is 3.25. The van der Waals surface area contributed by atoms with Crippen molar-refractivity contribution >= 4 is 44.9 Å². The molecular weight excluding hydrogens is 499 g/mol. The van der Waals surface area contributed by atoms with Gasteiger partial charge in [-0.3, -0.25) is 4.79 Å². The fourth-order valence-electron chi connectivity index (χ4n) is 3.33. The van der Waals surface area contributed by atoms with Gasteiger partial charge in [0.25, 0.3) is 0 Å². The lowest BCUT2D eigenvalue weighted by molar-refractivity contribution is 0.0163. The second-order valence-electron chi connectivity index (χ2n) is 7.52. The first-order chi connectivity index (χ1) is 15.0. The molecule has 2 aromatic rings. The van der Waals surface area contributed by atoms with E-state index in [-0.39, 0.29) is 17.4 Å². The van der Waals surface area contributed by atoms with Crippen molar-refractivity contribution in [2.24, 2.45) is 0 Å². The summed E-state index contributed by atoms with van der Waals surface area (Å²) >= 11 is 16.3. The van der Waals surface area contributed by atoms with Crippen LogP contribution in [0.4, 0.5) is 0 Å². The number of hydrogen-bond donors (Lipinski definition) is 0. The van der Waals surface area contributed by atoms with Crippen molar-refractivity contribution in [3.05, 3.63) is 81.6 Å². The number of Topliss-reactive ketones (excluding diaryl/α,β-unsaturated/α-hetero) is 1. The van der Waals surface area contributed by atoms with Crippen molar-refractivity contribution in [2.45, 2.75) is 37.8 Å². The molecule has 1 heterocycles. The molecule has 2 unspecified atom stereocenters. The lowest BCUT2D eigenvalue weighted by atomic mass is 10.1. The van der Waals surface area contributed by atoms with Gasteiger partial charge in [-0.2, -0.15) is 0 Å². The molecule has 0 N–H and O–H groups in total. The number of alkyl halides is 1. The summed E-state index contributed by atoms with van der Waals surface area (Å²) in [5.41, 5.74) is 1.35. The third-order valence-electron chi connectivity index (χ3n) is 5.17. The van der Waals surface area contributed by atoms with Gasteiger partial charge in [0, 0.05) is 47.0 Å². The highest BCUT2D eigenvalue weighted by molar-refractivity contribution is 9.10. The Hall–Kier alpha value is -1.53. The molecule has 0 amide bonds. The number of halogens is 3. The summed E-state index contributed by atoms with van der Waals surface area (Å²) in [5.74, 6) is 0.128. The van der Waals surface area contributed by atoms with Crippen LogP contribution in [-0.4, -0.2) is 40.9 Å². The quantitative estimate of drug-likeness (QED) is 0.139. The number of ether oxygens (including phenoxy) is 1. The molecule has 2 atom stereocenters. The fraction of sp³-hybridized carbons (Fsp3) is 0.375. The third kappa shape index (κ3) is 6.98. The Balaban J connectivity index is 1.57. The van der Waals surface area contributed by atoms with Crippen molar-refractivity contribution in [1.82, 2.24) is 9.80 Å². The first-order valence-corrected chi connectivity index (χ1v) is 12.1. The van der Waals surface area contributed by atoms with Gasteiger partial charge >= 0.3 is 0 Å². The van der Waals surface area contributed by atoms with Crippen LogP contribution in [0.2, 0.25) is 5.02 Å². The SMILES string of the molecule is CCCCOC(c1ccc(Cl)cc1)C(Cl)N1C=CN(CCC(=O)c2ccc(Br)cc2)C1. The van der Waals surface area contributed by atoms with E-state index >= 15 is 0 Å². The summed E-state index contributed by atoms with van der Waals surface area (Å²) < 4.78 is 7.12. The molecule has 0 saturated carbocycles. The maximum absolute atomic E-state index is 12.5. The normalized spacial score (nSPS) is 15.4. The summed E-state index contributed by atoms with van der Waals surface area (Å²) in [7, 11) is 0. The lowest BCUT2D eigenvalue weighted by Crippen LogP contribution is -2.36. The summed E-state index contributed by atoms with van der Waals surface area (Å²) in [6.07, 6.45) is 6.15. The number of carbonyl (C=O) groups is 1. The first kappa shape index (κ1) is 24.1. The van der Waals surface area contributed by atoms with E-state index in [0.29, 0.717) is 31.3 Å². The number of unbranched alkanes of at least 4 members (excludes halogenated alkanes) is 1. The molecule has 0 radical (unpaired) electrons. The first-order valence-electron chi connectivity index (χ1n) is 10.5. The van der Waals surface area contributed by atoms with Crippen molar-refractivity contribution in [3.63, 3.8) is 0 Å². The van der Waals surface area contributed by atoms with Crippen LogP contribution in [0.3, 0.4) is 0 Å². The van der Waals surface area contributed by atoms with Crippen LogP contribution < -0.4 is 0 Å². The summed E-state index contributed by atoms with van der Waals surface area (Å²) in [4.78, 5) is 16.6. The second-order valence-corrected chi connectivity index (χ2v) is 9.31. The predicted octanol–water partition coefficient (Wildman–Crippen LogP) is 6.84. The van der Waals surface area contributed by atoms with Gasteiger partial charge in [-0.05, 0) is 36.2 Å². The summed E-state index contributed by atoms with van der Waals surface area (Å²) in [5, 5.41) is 0.685. The average molecular weight is 526 g/mol. The van der Waals surface area contributed by atoms with Gasteiger partial charge in [-0.15, -0.1) is 0 Å². The van der Waals surface area contributed by atoms with Crippen LogP contribution in [-0.2, 0) is 4.74 Å². The Morgan fingerprint density at radius 2 is 1.84 bits per heavy atom. The number of hydrogen-bond acceptors (Lipinski definition) is 4. The van der Waals surface area contributed by atoms with E-state index in [1.165, 1.54) is 0 Å². The molecule has 0 aliphatic carbocycles. The number of ketones is 1. The maximum Gasteiger partial charge on any atom is 0.164 e. The highest BCUT2D eigenvalue weighted by Gasteiger charge is 2.29. The van der Waals surface area contributed by atoms with Crippen LogP contribution in [0.15, 0.2) is 65.4 Å². The largest absolute Gasteiger partial charge is 0.370 e. The molecule has 1 aliphatic rings. The van der Waals surface area contributed by atoms with Crippen LogP contribution >= 0.6 is 39.1 Å². The summed E-state index contributed by atoms with van der Waals surface area (Å²) in [6.45, 7) is 4.03. The summed E-state index contributed by atoms with van der Waals surface area (Å²) in [6, 6.07) is 15.1. The molecular formula is C24H27BrCl2N2O2. The van der Waals surface area contributed by atoms with Crippen LogP contribution in [0.25, 0.3) is 0 Å². The maximum atomic E-state index is 12.5. The third-order valence-corrected chi connectivity index (χ3v) is 6.43. The van der Waals surface area contributed by atoms with Gasteiger partial charge in [-0.1, -0.05) is 76.7 Å². The minimum absolute atomic E-state index is 0.128. The van der Waals surface area contributed by atoms with E-state index in [1.54, 1.807) is 0 Å². The Kier molecular flexibility index (Phi) is 9.27. The zero-order chi connectivity index (χ0) is 22.2. The second kappa shape index (κ2) is 11.9. The van der Waals surface area contributed by atoms with E-state index in [9.17, 15) is 4.79 Å². The number of rotatable bonds is 11. The van der Waals surface area contributed by atoms with Gasteiger partial charge < -0.3 is 14.5 Å². The Morgan fingerprint density at radius 3 is 2.52 bits per heavy atom.